The molecular weight excluding hydrogens is 252 g/mol. The summed E-state index contributed by atoms with van der Waals surface area (Å²) >= 11 is 0. The molecule has 20 heavy (non-hydrogen) atoms. The van der Waals surface area contributed by atoms with Gasteiger partial charge in [-0.2, -0.15) is 5.10 Å². The number of aryl methyl sites for hydroxylation is 3. The van der Waals surface area contributed by atoms with Crippen molar-refractivity contribution in [3.63, 3.8) is 0 Å². The van der Waals surface area contributed by atoms with Gasteiger partial charge in [0.25, 0.3) is 0 Å². The molecule has 0 fully saturated rings. The van der Waals surface area contributed by atoms with Gasteiger partial charge in [-0.1, -0.05) is 13.0 Å². The van der Waals surface area contributed by atoms with E-state index in [1.165, 1.54) is 0 Å². The Balaban J connectivity index is 2.62. The molecule has 0 radical (unpaired) electrons. The van der Waals surface area contributed by atoms with Gasteiger partial charge >= 0.3 is 5.97 Å². The number of aromatic carboxylic acids is 1. The zero-order valence-electron chi connectivity index (χ0n) is 12.4. The fourth-order valence-electron chi connectivity index (χ4n) is 2.54. The van der Waals surface area contributed by atoms with E-state index in [-0.39, 0.29) is 0 Å². The quantitative estimate of drug-likeness (QED) is 0.925. The van der Waals surface area contributed by atoms with Crippen molar-refractivity contribution in [3.05, 3.63) is 40.7 Å². The molecule has 0 saturated carbocycles. The lowest BCUT2D eigenvalue weighted by molar-refractivity contribution is 0.0697. The molecule has 4 nitrogen and oxygen atoms in total. The second-order valence-electron chi connectivity index (χ2n) is 5.10. The molecule has 2 aromatic rings. The average molecular weight is 272 g/mol. The first-order valence-corrected chi connectivity index (χ1v) is 6.84. The molecule has 1 N–H and O–H groups in total. The maximum absolute atomic E-state index is 11.2. The average Bonchev–Trinajstić information content (AvgIpc) is 2.66. The number of carboxylic acids is 1. The zero-order valence-corrected chi connectivity index (χ0v) is 12.4. The summed E-state index contributed by atoms with van der Waals surface area (Å²) in [5.41, 5.74) is 5.43. The Morgan fingerprint density at radius 1 is 1.30 bits per heavy atom. The number of benzene rings is 1. The first kappa shape index (κ1) is 14.3. The summed E-state index contributed by atoms with van der Waals surface area (Å²) in [4.78, 5) is 11.2. The summed E-state index contributed by atoms with van der Waals surface area (Å²) in [7, 11) is 0. The number of carbonyl (C=O) groups is 1. The van der Waals surface area contributed by atoms with Crippen LogP contribution < -0.4 is 0 Å². The maximum Gasteiger partial charge on any atom is 0.335 e. The summed E-state index contributed by atoms with van der Waals surface area (Å²) in [5, 5.41) is 13.7. The first-order chi connectivity index (χ1) is 9.45. The highest BCUT2D eigenvalue weighted by atomic mass is 16.4. The van der Waals surface area contributed by atoms with Crippen LogP contribution in [0.4, 0.5) is 0 Å². The van der Waals surface area contributed by atoms with Crippen molar-refractivity contribution in [2.45, 2.75) is 40.7 Å². The van der Waals surface area contributed by atoms with Gasteiger partial charge in [0.1, 0.15) is 0 Å². The van der Waals surface area contributed by atoms with Crippen LogP contribution in [0.25, 0.3) is 11.1 Å². The van der Waals surface area contributed by atoms with E-state index in [1.807, 2.05) is 31.5 Å². The number of nitrogens with zero attached hydrogens (tertiary/aromatic N) is 2. The molecule has 0 bridgehead atoms. The standard InChI is InChI=1S/C16H20N2O2/c1-5-8-18-12(4)15(11(3)17-18)14-9-13(16(19)20)7-6-10(14)2/h6-7,9H,5,8H2,1-4H3,(H,19,20). The molecule has 0 aliphatic rings. The number of hydrogen-bond donors (Lipinski definition) is 1. The summed E-state index contributed by atoms with van der Waals surface area (Å²) in [6.45, 7) is 9.01. The van der Waals surface area contributed by atoms with E-state index in [9.17, 15) is 4.79 Å². The van der Waals surface area contributed by atoms with Crippen molar-refractivity contribution in [2.75, 3.05) is 0 Å². The normalized spacial score (nSPS) is 10.8. The summed E-state index contributed by atoms with van der Waals surface area (Å²) in [6, 6.07) is 5.24. The molecule has 0 unspecified atom stereocenters. The van der Waals surface area contributed by atoms with Gasteiger partial charge in [-0.25, -0.2) is 4.79 Å². The predicted octanol–water partition coefficient (Wildman–Crippen LogP) is 3.58. The van der Waals surface area contributed by atoms with Crippen molar-refractivity contribution in [1.29, 1.82) is 0 Å². The van der Waals surface area contributed by atoms with Gasteiger partial charge in [-0.05, 0) is 50.5 Å². The number of carboxylic acid groups (broad SMARTS) is 1. The Labute approximate surface area is 119 Å². The monoisotopic (exact) mass is 272 g/mol. The van der Waals surface area contributed by atoms with E-state index in [1.54, 1.807) is 12.1 Å². The van der Waals surface area contributed by atoms with Crippen LogP contribution in [0.2, 0.25) is 0 Å². The molecule has 0 amide bonds. The Bertz CT molecular complexity index is 657. The number of hydrogen-bond acceptors (Lipinski definition) is 2. The first-order valence-electron chi connectivity index (χ1n) is 6.84. The molecule has 1 aromatic carbocycles. The minimum atomic E-state index is -0.900. The van der Waals surface area contributed by atoms with Crippen molar-refractivity contribution in [1.82, 2.24) is 9.78 Å². The number of aromatic nitrogens is 2. The second kappa shape index (κ2) is 5.49. The predicted molar refractivity (Wildman–Crippen MR) is 79.1 cm³/mol. The Kier molecular flexibility index (Phi) is 3.93. The molecule has 0 aliphatic carbocycles. The van der Waals surface area contributed by atoms with Crippen LogP contribution >= 0.6 is 0 Å². The van der Waals surface area contributed by atoms with Gasteiger partial charge in [-0.3, -0.25) is 4.68 Å². The molecule has 2 rings (SSSR count). The second-order valence-corrected chi connectivity index (χ2v) is 5.10. The molecular formula is C16H20N2O2. The zero-order chi connectivity index (χ0) is 14.9. The smallest absolute Gasteiger partial charge is 0.335 e. The summed E-state index contributed by atoms with van der Waals surface area (Å²) < 4.78 is 2.00. The van der Waals surface area contributed by atoms with E-state index < -0.39 is 5.97 Å². The SMILES string of the molecule is CCCn1nc(C)c(-c2cc(C(=O)O)ccc2C)c1C. The highest BCUT2D eigenvalue weighted by Crippen LogP contribution is 2.30. The van der Waals surface area contributed by atoms with E-state index in [0.29, 0.717) is 5.56 Å². The maximum atomic E-state index is 11.2. The molecule has 1 aromatic heterocycles. The topological polar surface area (TPSA) is 55.1 Å². The molecule has 0 aliphatic heterocycles. The lowest BCUT2D eigenvalue weighted by Gasteiger charge is -2.08. The van der Waals surface area contributed by atoms with Crippen molar-refractivity contribution < 1.29 is 9.90 Å². The summed E-state index contributed by atoms with van der Waals surface area (Å²) in [5.74, 6) is -0.900. The van der Waals surface area contributed by atoms with Crippen LogP contribution in [-0.4, -0.2) is 20.9 Å². The third-order valence-corrected chi connectivity index (χ3v) is 3.57. The number of rotatable bonds is 4. The van der Waals surface area contributed by atoms with Gasteiger partial charge in [0.15, 0.2) is 0 Å². The highest BCUT2D eigenvalue weighted by Gasteiger charge is 2.16. The fourth-order valence-corrected chi connectivity index (χ4v) is 2.54. The van der Waals surface area contributed by atoms with Gasteiger partial charge in [0, 0.05) is 17.8 Å². The third kappa shape index (κ3) is 2.46. The van der Waals surface area contributed by atoms with E-state index in [2.05, 4.69) is 12.0 Å². The molecule has 0 saturated heterocycles. The molecule has 1 heterocycles. The van der Waals surface area contributed by atoms with Gasteiger partial charge in [0.05, 0.1) is 11.3 Å². The largest absolute Gasteiger partial charge is 0.478 e. The van der Waals surface area contributed by atoms with Crippen LogP contribution in [0, 0.1) is 20.8 Å². The van der Waals surface area contributed by atoms with E-state index in [0.717, 1.165) is 41.0 Å². The summed E-state index contributed by atoms with van der Waals surface area (Å²) in [6.07, 6.45) is 1.02. The van der Waals surface area contributed by atoms with Gasteiger partial charge in [-0.15, -0.1) is 0 Å². The van der Waals surface area contributed by atoms with Crippen LogP contribution in [0.3, 0.4) is 0 Å². The lowest BCUT2D eigenvalue weighted by atomic mass is 9.96. The van der Waals surface area contributed by atoms with Crippen LogP contribution in [0.1, 0.15) is 40.7 Å². The Morgan fingerprint density at radius 3 is 2.60 bits per heavy atom. The Hall–Kier alpha value is -2.10. The van der Waals surface area contributed by atoms with Crippen molar-refractivity contribution in [3.8, 4) is 11.1 Å². The minimum absolute atomic E-state index is 0.313. The van der Waals surface area contributed by atoms with E-state index >= 15 is 0 Å². The van der Waals surface area contributed by atoms with Crippen LogP contribution in [0.15, 0.2) is 18.2 Å². The molecule has 0 spiro atoms. The molecule has 0 atom stereocenters. The van der Waals surface area contributed by atoms with Crippen LogP contribution in [-0.2, 0) is 6.54 Å². The van der Waals surface area contributed by atoms with Gasteiger partial charge < -0.3 is 5.11 Å². The highest BCUT2D eigenvalue weighted by molar-refractivity contribution is 5.90. The minimum Gasteiger partial charge on any atom is -0.478 e. The third-order valence-electron chi connectivity index (χ3n) is 3.57. The van der Waals surface area contributed by atoms with E-state index in [4.69, 9.17) is 5.11 Å². The molecule has 4 heteroatoms. The van der Waals surface area contributed by atoms with Crippen LogP contribution in [0.5, 0.6) is 0 Å². The van der Waals surface area contributed by atoms with Gasteiger partial charge in [0.2, 0.25) is 0 Å². The molecule has 106 valence electrons. The Morgan fingerprint density at radius 2 is 2.00 bits per heavy atom. The van der Waals surface area contributed by atoms with Crippen molar-refractivity contribution >= 4 is 5.97 Å². The van der Waals surface area contributed by atoms with Crippen molar-refractivity contribution in [2.24, 2.45) is 0 Å². The fraction of sp³-hybridized carbons (Fsp3) is 0.375. The lowest BCUT2D eigenvalue weighted by Crippen LogP contribution is -2.01.